The molecule has 9 heteroatoms. The smallest absolute Gasteiger partial charge is 0.310 e. The molecule has 1 heterocycles. The average Bonchev–Trinajstić information content (AvgIpc) is 3.00. The predicted octanol–water partition coefficient (Wildman–Crippen LogP) is 2.19. The van der Waals surface area contributed by atoms with Crippen LogP contribution in [0.4, 0.5) is 11.4 Å². The van der Waals surface area contributed by atoms with Crippen LogP contribution in [0.15, 0.2) is 54.6 Å². The monoisotopic (exact) mass is 390 g/mol. The van der Waals surface area contributed by atoms with Crippen LogP contribution in [-0.2, 0) is 14.6 Å². The van der Waals surface area contributed by atoms with E-state index in [-0.39, 0.29) is 22.9 Å². The molecule has 0 unspecified atom stereocenters. The van der Waals surface area contributed by atoms with E-state index < -0.39 is 33.3 Å². The molecule has 2 aromatic carbocycles. The highest BCUT2D eigenvalue weighted by Gasteiger charge is 2.35. The van der Waals surface area contributed by atoms with Gasteiger partial charge >= 0.3 is 5.69 Å². The lowest BCUT2D eigenvalue weighted by atomic mass is 10.2. The number of amides is 1. The molecule has 27 heavy (non-hydrogen) atoms. The molecule has 3 rings (SSSR count). The van der Waals surface area contributed by atoms with Gasteiger partial charge < -0.3 is 9.64 Å². The van der Waals surface area contributed by atoms with Crippen LogP contribution in [0, 0.1) is 10.1 Å². The van der Waals surface area contributed by atoms with Crippen LogP contribution < -0.4 is 9.64 Å². The van der Waals surface area contributed by atoms with Crippen LogP contribution >= 0.6 is 0 Å². The predicted molar refractivity (Wildman–Crippen MR) is 99.6 cm³/mol. The largest absolute Gasteiger partial charge is 0.477 e. The fraction of sp³-hybridized carbons (Fsp3) is 0.278. The van der Waals surface area contributed by atoms with Gasteiger partial charge in [-0.1, -0.05) is 30.3 Å². The number of nitro groups is 1. The summed E-state index contributed by atoms with van der Waals surface area (Å²) in [5.41, 5.74) is 0.329. The molecule has 0 spiro atoms. The van der Waals surface area contributed by atoms with E-state index in [2.05, 4.69) is 0 Å². The van der Waals surface area contributed by atoms with E-state index in [0.29, 0.717) is 12.1 Å². The van der Waals surface area contributed by atoms with Crippen LogP contribution in [0.2, 0.25) is 0 Å². The summed E-state index contributed by atoms with van der Waals surface area (Å²) < 4.78 is 29.1. The second-order valence-electron chi connectivity index (χ2n) is 6.17. The zero-order valence-electron chi connectivity index (χ0n) is 14.4. The van der Waals surface area contributed by atoms with Crippen molar-refractivity contribution in [2.45, 2.75) is 12.5 Å². The first-order valence-corrected chi connectivity index (χ1v) is 10.1. The maximum Gasteiger partial charge on any atom is 0.310 e. The van der Waals surface area contributed by atoms with E-state index in [1.165, 1.54) is 23.1 Å². The molecule has 8 nitrogen and oxygen atoms in total. The van der Waals surface area contributed by atoms with E-state index in [4.69, 9.17) is 4.74 Å². The van der Waals surface area contributed by atoms with E-state index >= 15 is 0 Å². The Morgan fingerprint density at radius 1 is 1.15 bits per heavy atom. The molecule has 142 valence electrons. The second kappa shape index (κ2) is 7.75. The first kappa shape index (κ1) is 18.8. The number of para-hydroxylation sites is 3. The second-order valence-corrected chi connectivity index (χ2v) is 8.40. The maximum atomic E-state index is 12.8. The molecular formula is C18H18N2O6S. The molecule has 0 bridgehead atoms. The van der Waals surface area contributed by atoms with Gasteiger partial charge in [0.05, 0.1) is 22.5 Å². The van der Waals surface area contributed by atoms with E-state index in [1.807, 2.05) is 0 Å². The van der Waals surface area contributed by atoms with Crippen LogP contribution in [0.5, 0.6) is 5.75 Å². The Labute approximate surface area is 156 Å². The number of sulfone groups is 1. The Balaban J connectivity index is 1.81. The van der Waals surface area contributed by atoms with E-state index in [1.54, 1.807) is 36.4 Å². The Morgan fingerprint density at radius 3 is 2.44 bits per heavy atom. The number of carbonyl (C=O) groups is 1. The fourth-order valence-electron chi connectivity index (χ4n) is 3.07. The normalized spacial score (nSPS) is 18.0. The molecule has 0 aliphatic carbocycles. The number of anilines is 1. The van der Waals surface area contributed by atoms with Crippen LogP contribution in [-0.4, -0.2) is 43.4 Å². The molecule has 1 saturated heterocycles. The van der Waals surface area contributed by atoms with Crippen molar-refractivity contribution in [3.63, 3.8) is 0 Å². The summed E-state index contributed by atoms with van der Waals surface area (Å²) in [6, 6.07) is 14.0. The zero-order chi connectivity index (χ0) is 19.4. The van der Waals surface area contributed by atoms with Crippen molar-refractivity contribution in [1.82, 2.24) is 0 Å². The molecule has 0 N–H and O–H groups in total. The van der Waals surface area contributed by atoms with Gasteiger partial charge in [-0.25, -0.2) is 8.42 Å². The maximum absolute atomic E-state index is 12.8. The number of ether oxygens (including phenoxy) is 1. The zero-order valence-corrected chi connectivity index (χ0v) is 15.2. The Bertz CT molecular complexity index is 945. The minimum atomic E-state index is -3.19. The summed E-state index contributed by atoms with van der Waals surface area (Å²) in [6.07, 6.45) is 0.342. The van der Waals surface area contributed by atoms with Crippen molar-refractivity contribution in [3.8, 4) is 5.75 Å². The fourth-order valence-corrected chi connectivity index (χ4v) is 4.76. The van der Waals surface area contributed by atoms with Gasteiger partial charge in [-0.15, -0.1) is 0 Å². The van der Waals surface area contributed by atoms with Crippen molar-refractivity contribution in [2.75, 3.05) is 23.0 Å². The van der Waals surface area contributed by atoms with Gasteiger partial charge in [0.2, 0.25) is 0 Å². The van der Waals surface area contributed by atoms with Crippen molar-refractivity contribution < 1.29 is 22.9 Å². The Morgan fingerprint density at radius 2 is 1.81 bits per heavy atom. The van der Waals surface area contributed by atoms with Crippen molar-refractivity contribution in [2.24, 2.45) is 0 Å². The van der Waals surface area contributed by atoms with Gasteiger partial charge in [0.25, 0.3) is 5.91 Å². The first-order valence-electron chi connectivity index (χ1n) is 8.31. The number of carbonyl (C=O) groups excluding carboxylic acids is 1. The highest BCUT2D eigenvalue weighted by Crippen LogP contribution is 2.27. The molecule has 1 fully saturated rings. The third kappa shape index (κ3) is 4.43. The quantitative estimate of drug-likeness (QED) is 0.553. The highest BCUT2D eigenvalue weighted by molar-refractivity contribution is 7.91. The third-order valence-corrected chi connectivity index (χ3v) is 6.04. The summed E-state index contributed by atoms with van der Waals surface area (Å²) in [7, 11) is -3.19. The molecule has 0 aromatic heterocycles. The number of hydrogen-bond donors (Lipinski definition) is 0. The first-order chi connectivity index (χ1) is 12.9. The van der Waals surface area contributed by atoms with Crippen LogP contribution in [0.25, 0.3) is 0 Å². The third-order valence-electron chi connectivity index (χ3n) is 4.29. The Kier molecular flexibility index (Phi) is 5.41. The molecular weight excluding hydrogens is 372 g/mol. The summed E-state index contributed by atoms with van der Waals surface area (Å²) in [6.45, 7) is -0.434. The molecule has 2 aromatic rings. The molecule has 1 amide bonds. The van der Waals surface area contributed by atoms with Crippen molar-refractivity contribution >= 4 is 27.1 Å². The lowest BCUT2D eigenvalue weighted by molar-refractivity contribution is -0.385. The SMILES string of the molecule is O=C(COc1ccccc1[N+](=O)[O-])N(c1ccccc1)[C@H]1CCS(=O)(=O)C1. The number of rotatable bonds is 6. The topological polar surface area (TPSA) is 107 Å². The lowest BCUT2D eigenvalue weighted by Gasteiger charge is -2.28. The number of nitrogens with zero attached hydrogens (tertiary/aromatic N) is 2. The standard InChI is InChI=1S/C18H18N2O6S/c21-18(12-26-17-9-5-4-8-16(17)20(22)23)19(14-6-2-1-3-7-14)15-10-11-27(24,25)13-15/h1-9,15H,10-13H2/t15-/m0/s1. The summed E-state index contributed by atoms with van der Waals surface area (Å²) >= 11 is 0. The van der Waals surface area contributed by atoms with Crippen LogP contribution in [0.3, 0.4) is 0 Å². The van der Waals surface area contributed by atoms with Gasteiger partial charge in [0, 0.05) is 11.8 Å². The van der Waals surface area contributed by atoms with E-state index in [0.717, 1.165) is 0 Å². The summed E-state index contributed by atoms with van der Waals surface area (Å²) in [5, 5.41) is 11.1. The highest BCUT2D eigenvalue weighted by atomic mass is 32.2. The molecule has 1 aliphatic heterocycles. The van der Waals surface area contributed by atoms with Crippen molar-refractivity contribution in [1.29, 1.82) is 0 Å². The molecule has 1 aliphatic rings. The number of hydrogen-bond acceptors (Lipinski definition) is 6. The Hall–Kier alpha value is -2.94. The van der Waals surface area contributed by atoms with Gasteiger partial charge in [0.1, 0.15) is 0 Å². The van der Waals surface area contributed by atoms with Gasteiger partial charge in [-0.05, 0) is 24.6 Å². The van der Waals surface area contributed by atoms with Crippen molar-refractivity contribution in [3.05, 3.63) is 64.7 Å². The molecule has 0 saturated carbocycles. The van der Waals surface area contributed by atoms with E-state index in [9.17, 15) is 23.3 Å². The summed E-state index contributed by atoms with van der Waals surface area (Å²) in [5.74, 6) is -0.553. The summed E-state index contributed by atoms with van der Waals surface area (Å²) in [4.78, 5) is 24.7. The molecule has 0 radical (unpaired) electrons. The minimum absolute atomic E-state index is 0.0112. The van der Waals surface area contributed by atoms with Crippen LogP contribution in [0.1, 0.15) is 6.42 Å². The van der Waals surface area contributed by atoms with Gasteiger partial charge in [-0.2, -0.15) is 0 Å². The minimum Gasteiger partial charge on any atom is -0.477 e. The van der Waals surface area contributed by atoms with Gasteiger partial charge in [0.15, 0.2) is 22.2 Å². The molecule has 1 atom stereocenters. The van der Waals surface area contributed by atoms with Gasteiger partial charge in [-0.3, -0.25) is 14.9 Å². The average molecular weight is 390 g/mol. The number of benzene rings is 2. The lowest BCUT2D eigenvalue weighted by Crippen LogP contribution is -2.43. The number of nitro benzene ring substituents is 1.